The van der Waals surface area contributed by atoms with Gasteiger partial charge in [0.05, 0.1) is 25.3 Å². The second-order valence-corrected chi connectivity index (χ2v) is 8.66. The van der Waals surface area contributed by atoms with Gasteiger partial charge in [0.25, 0.3) is 0 Å². The molecule has 8 nitrogen and oxygen atoms in total. The lowest BCUT2D eigenvalue weighted by molar-refractivity contribution is -0.125. The van der Waals surface area contributed by atoms with Crippen LogP contribution in [0.1, 0.15) is 18.9 Å². The summed E-state index contributed by atoms with van der Waals surface area (Å²) in [6.07, 6.45) is 0.140. The first-order valence-electron chi connectivity index (χ1n) is 11.6. The Bertz CT molecular complexity index is 1200. The maximum absolute atomic E-state index is 12.8. The predicted molar refractivity (Wildman–Crippen MR) is 139 cm³/mol. The van der Waals surface area contributed by atoms with E-state index in [1.54, 1.807) is 54.5 Å². The number of benzene rings is 3. The van der Waals surface area contributed by atoms with E-state index in [-0.39, 0.29) is 18.2 Å². The summed E-state index contributed by atoms with van der Waals surface area (Å²) >= 11 is 5.94. The summed E-state index contributed by atoms with van der Waals surface area (Å²) in [6.45, 7) is 3.01. The van der Waals surface area contributed by atoms with Gasteiger partial charge in [0.2, 0.25) is 11.8 Å². The summed E-state index contributed by atoms with van der Waals surface area (Å²) in [5, 5.41) is 0.668. The molecule has 1 heterocycles. The largest absolute Gasteiger partial charge is 0.497 e. The lowest BCUT2D eigenvalue weighted by atomic mass is 10.1. The monoisotopic (exact) mass is 509 g/mol. The quantitative estimate of drug-likeness (QED) is 0.381. The van der Waals surface area contributed by atoms with E-state index in [0.717, 1.165) is 11.3 Å². The summed E-state index contributed by atoms with van der Waals surface area (Å²) in [5.41, 5.74) is 7.96. The summed E-state index contributed by atoms with van der Waals surface area (Å²) in [6, 6.07) is 19.9. The van der Waals surface area contributed by atoms with Crippen molar-refractivity contribution < 1.29 is 23.8 Å². The standard InChI is InChI=1S/C27H28ClN3O5/c1-3-35-25-15-21(8-13-24(25)36-17-18-4-6-20(28)7-5-18)29-30-27(33)19-14-26(32)31(16-19)22-9-11-23(34-2)12-10-22/h4-13,15,19,29H,3,14,16-17H2,1-2H3,(H,30,33)/t19-/m1/s1. The normalized spacial score (nSPS) is 14.9. The van der Waals surface area contributed by atoms with Crippen LogP contribution >= 0.6 is 11.6 Å². The van der Waals surface area contributed by atoms with Crippen LogP contribution in [0.5, 0.6) is 17.2 Å². The van der Waals surface area contributed by atoms with Crippen molar-refractivity contribution >= 4 is 34.8 Å². The topological polar surface area (TPSA) is 89.1 Å². The maximum Gasteiger partial charge on any atom is 0.243 e. The van der Waals surface area contributed by atoms with Gasteiger partial charge in [-0.2, -0.15) is 0 Å². The lowest BCUT2D eigenvalue weighted by Gasteiger charge is -2.18. The van der Waals surface area contributed by atoms with Crippen molar-refractivity contribution in [1.82, 2.24) is 5.43 Å². The first-order chi connectivity index (χ1) is 17.5. The molecule has 0 unspecified atom stereocenters. The van der Waals surface area contributed by atoms with Gasteiger partial charge in [0.1, 0.15) is 12.4 Å². The first kappa shape index (κ1) is 25.2. The van der Waals surface area contributed by atoms with Crippen molar-refractivity contribution in [3.05, 3.63) is 77.3 Å². The number of hydrogen-bond acceptors (Lipinski definition) is 6. The van der Waals surface area contributed by atoms with E-state index in [9.17, 15) is 9.59 Å². The van der Waals surface area contributed by atoms with Gasteiger partial charge in [-0.25, -0.2) is 0 Å². The van der Waals surface area contributed by atoms with E-state index in [2.05, 4.69) is 10.9 Å². The van der Waals surface area contributed by atoms with Crippen molar-refractivity contribution in [2.45, 2.75) is 20.0 Å². The summed E-state index contributed by atoms with van der Waals surface area (Å²) in [5.74, 6) is 1.01. The third-order valence-electron chi connectivity index (χ3n) is 5.76. The Hall–Kier alpha value is -3.91. The van der Waals surface area contributed by atoms with E-state index in [0.29, 0.717) is 47.7 Å². The van der Waals surface area contributed by atoms with Gasteiger partial charge < -0.3 is 19.1 Å². The fourth-order valence-electron chi connectivity index (χ4n) is 3.85. The highest BCUT2D eigenvalue weighted by Gasteiger charge is 2.35. The van der Waals surface area contributed by atoms with Gasteiger partial charge in [-0.3, -0.25) is 20.4 Å². The number of halogens is 1. The van der Waals surface area contributed by atoms with Gasteiger partial charge >= 0.3 is 0 Å². The van der Waals surface area contributed by atoms with Crippen LogP contribution in [-0.2, 0) is 16.2 Å². The summed E-state index contributed by atoms with van der Waals surface area (Å²) in [7, 11) is 1.59. The van der Waals surface area contributed by atoms with E-state index in [1.807, 2.05) is 31.2 Å². The van der Waals surface area contributed by atoms with Crippen LogP contribution in [0, 0.1) is 5.92 Å². The molecule has 0 aliphatic carbocycles. The molecule has 0 bridgehead atoms. The Labute approximate surface area is 215 Å². The average Bonchev–Trinajstić information content (AvgIpc) is 3.29. The molecule has 2 N–H and O–H groups in total. The molecular formula is C27H28ClN3O5. The molecule has 3 aromatic rings. The second-order valence-electron chi connectivity index (χ2n) is 8.23. The Kier molecular flexibility index (Phi) is 8.17. The Morgan fingerprint density at radius 2 is 1.78 bits per heavy atom. The minimum atomic E-state index is -0.472. The van der Waals surface area contributed by atoms with Crippen LogP contribution in [0.4, 0.5) is 11.4 Å². The molecule has 3 aromatic carbocycles. The highest BCUT2D eigenvalue weighted by atomic mass is 35.5. The predicted octanol–water partition coefficient (Wildman–Crippen LogP) is 4.82. The highest BCUT2D eigenvalue weighted by Crippen LogP contribution is 2.31. The Balaban J connectivity index is 1.34. The molecule has 1 aliphatic rings. The van der Waals surface area contributed by atoms with Crippen LogP contribution in [0.3, 0.4) is 0 Å². The number of carbonyl (C=O) groups excluding carboxylic acids is 2. The number of hydrazine groups is 1. The molecule has 0 radical (unpaired) electrons. The molecule has 1 fully saturated rings. The number of carbonyl (C=O) groups is 2. The van der Waals surface area contributed by atoms with Gasteiger partial charge in [0.15, 0.2) is 11.5 Å². The molecule has 9 heteroatoms. The number of rotatable bonds is 10. The molecule has 0 saturated carbocycles. The second kappa shape index (κ2) is 11.7. The van der Waals surface area contributed by atoms with Crippen LogP contribution in [0.25, 0.3) is 0 Å². The molecule has 1 atom stereocenters. The molecule has 0 spiro atoms. The fraction of sp³-hybridized carbons (Fsp3) is 0.259. The van der Waals surface area contributed by atoms with Gasteiger partial charge in [0, 0.05) is 29.7 Å². The summed E-state index contributed by atoms with van der Waals surface area (Å²) < 4.78 is 16.8. The zero-order chi connectivity index (χ0) is 25.5. The molecule has 0 aromatic heterocycles. The number of amides is 2. The number of nitrogens with one attached hydrogen (secondary N) is 2. The number of methoxy groups -OCH3 is 1. The number of nitrogens with zero attached hydrogens (tertiary/aromatic N) is 1. The third kappa shape index (κ3) is 6.20. The van der Waals surface area contributed by atoms with Gasteiger partial charge in [-0.1, -0.05) is 23.7 Å². The third-order valence-corrected chi connectivity index (χ3v) is 6.01. The minimum Gasteiger partial charge on any atom is -0.497 e. The molecule has 2 amide bonds. The number of ether oxygens (including phenoxy) is 3. The average molecular weight is 510 g/mol. The van der Waals surface area contributed by atoms with Crippen LogP contribution < -0.4 is 30.0 Å². The number of hydrogen-bond donors (Lipinski definition) is 2. The molecule has 4 rings (SSSR count). The van der Waals surface area contributed by atoms with E-state index in [1.165, 1.54) is 0 Å². The van der Waals surface area contributed by atoms with Crippen molar-refractivity contribution in [3.63, 3.8) is 0 Å². The first-order valence-corrected chi connectivity index (χ1v) is 12.0. The molecule has 36 heavy (non-hydrogen) atoms. The van der Waals surface area contributed by atoms with E-state index in [4.69, 9.17) is 25.8 Å². The van der Waals surface area contributed by atoms with Crippen LogP contribution in [0.2, 0.25) is 5.02 Å². The smallest absolute Gasteiger partial charge is 0.243 e. The van der Waals surface area contributed by atoms with Crippen molar-refractivity contribution in [3.8, 4) is 17.2 Å². The zero-order valence-electron chi connectivity index (χ0n) is 20.1. The van der Waals surface area contributed by atoms with Crippen LogP contribution in [0.15, 0.2) is 66.7 Å². The lowest BCUT2D eigenvalue weighted by Crippen LogP contribution is -2.36. The molecule has 1 aliphatic heterocycles. The Morgan fingerprint density at radius 3 is 2.47 bits per heavy atom. The molecular weight excluding hydrogens is 482 g/mol. The molecule has 1 saturated heterocycles. The van der Waals surface area contributed by atoms with Gasteiger partial charge in [-0.05, 0) is 61.0 Å². The minimum absolute atomic E-state index is 0.0962. The Morgan fingerprint density at radius 1 is 1.03 bits per heavy atom. The molecule has 188 valence electrons. The van der Waals surface area contributed by atoms with Crippen molar-refractivity contribution in [1.29, 1.82) is 0 Å². The highest BCUT2D eigenvalue weighted by molar-refractivity contribution is 6.30. The van der Waals surface area contributed by atoms with E-state index >= 15 is 0 Å². The van der Waals surface area contributed by atoms with Crippen LogP contribution in [-0.4, -0.2) is 32.1 Å². The SMILES string of the molecule is CCOc1cc(NNC(=O)[C@@H]2CC(=O)N(c3ccc(OC)cc3)C2)ccc1OCc1ccc(Cl)cc1. The van der Waals surface area contributed by atoms with Crippen molar-refractivity contribution in [2.75, 3.05) is 30.6 Å². The van der Waals surface area contributed by atoms with E-state index < -0.39 is 5.92 Å². The fourth-order valence-corrected chi connectivity index (χ4v) is 3.97. The van der Waals surface area contributed by atoms with Crippen molar-refractivity contribution in [2.24, 2.45) is 5.92 Å². The zero-order valence-corrected chi connectivity index (χ0v) is 20.9. The number of anilines is 2. The summed E-state index contributed by atoms with van der Waals surface area (Å²) in [4.78, 5) is 26.9. The van der Waals surface area contributed by atoms with Gasteiger partial charge in [-0.15, -0.1) is 0 Å². The maximum atomic E-state index is 12.8.